The molecule has 0 N–H and O–H groups in total. The van der Waals surface area contributed by atoms with Crippen LogP contribution in [-0.4, -0.2) is 19.3 Å². The molecule has 0 fully saturated rings. The highest BCUT2D eigenvalue weighted by atomic mass is 16.5. The second-order valence-electron chi connectivity index (χ2n) is 5.28. The number of hydrogen-bond acceptors (Lipinski definition) is 3. The van der Waals surface area contributed by atoms with Crippen LogP contribution in [0.15, 0.2) is 30.3 Å². The molecule has 0 atom stereocenters. The highest BCUT2D eigenvalue weighted by Gasteiger charge is 2.16. The fraction of sp³-hybridized carbons (Fsp3) is 0.412. The van der Waals surface area contributed by atoms with Crippen LogP contribution in [0, 0.1) is 0 Å². The van der Waals surface area contributed by atoms with Crippen molar-refractivity contribution in [2.75, 3.05) is 7.11 Å². The third-order valence-corrected chi connectivity index (χ3v) is 2.86. The molecule has 0 heterocycles. The Balaban J connectivity index is 2.68. The van der Waals surface area contributed by atoms with Crippen LogP contribution in [0.1, 0.15) is 27.7 Å². The molecule has 20 heavy (non-hydrogen) atoms. The topological polar surface area (TPSA) is 27.7 Å². The van der Waals surface area contributed by atoms with Crippen LogP contribution in [0.5, 0.6) is 17.2 Å². The van der Waals surface area contributed by atoms with Crippen molar-refractivity contribution < 1.29 is 14.2 Å². The monoisotopic (exact) mass is 274 g/mol. The van der Waals surface area contributed by atoms with E-state index in [2.05, 4.69) is 6.07 Å². The summed E-state index contributed by atoms with van der Waals surface area (Å²) in [4.78, 5) is 0. The Morgan fingerprint density at radius 2 is 1.50 bits per heavy atom. The van der Waals surface area contributed by atoms with Gasteiger partial charge in [-0.3, -0.25) is 0 Å². The summed E-state index contributed by atoms with van der Waals surface area (Å²) in [5.74, 6) is 2.30. The standard InChI is InChI=1S/C17H22O3/c1-11(2)19-14-8-6-7-13-9-10-15(18-5)17(16(13)14)20-12(3)4/h6-12H,1-5H3. The van der Waals surface area contributed by atoms with E-state index in [0.29, 0.717) is 0 Å². The van der Waals surface area contributed by atoms with Gasteiger partial charge in [0.25, 0.3) is 0 Å². The van der Waals surface area contributed by atoms with E-state index in [1.54, 1.807) is 7.11 Å². The van der Waals surface area contributed by atoms with Crippen molar-refractivity contribution in [1.82, 2.24) is 0 Å². The van der Waals surface area contributed by atoms with Crippen LogP contribution in [-0.2, 0) is 0 Å². The van der Waals surface area contributed by atoms with Crippen LogP contribution in [0.2, 0.25) is 0 Å². The molecule has 108 valence electrons. The fourth-order valence-electron chi connectivity index (χ4n) is 2.16. The Morgan fingerprint density at radius 1 is 0.800 bits per heavy atom. The van der Waals surface area contributed by atoms with E-state index in [1.165, 1.54) is 0 Å². The zero-order valence-corrected chi connectivity index (χ0v) is 12.8. The summed E-state index contributed by atoms with van der Waals surface area (Å²) in [6, 6.07) is 9.96. The van der Waals surface area contributed by atoms with Gasteiger partial charge in [-0.25, -0.2) is 0 Å². The number of benzene rings is 2. The second kappa shape index (κ2) is 6.04. The molecule has 0 spiro atoms. The average molecular weight is 274 g/mol. The SMILES string of the molecule is COc1ccc2cccc(OC(C)C)c2c1OC(C)C. The maximum atomic E-state index is 5.97. The molecule has 0 radical (unpaired) electrons. The smallest absolute Gasteiger partial charge is 0.173 e. The molecule has 3 heteroatoms. The van der Waals surface area contributed by atoms with Crippen molar-refractivity contribution in [3.8, 4) is 17.2 Å². The Bertz CT molecular complexity index is 588. The minimum Gasteiger partial charge on any atom is -0.493 e. The molecule has 0 amide bonds. The normalized spacial score (nSPS) is 11.2. The molecule has 2 aromatic carbocycles. The van der Waals surface area contributed by atoms with E-state index in [1.807, 2.05) is 52.0 Å². The largest absolute Gasteiger partial charge is 0.493 e. The molecule has 0 aliphatic heterocycles. The van der Waals surface area contributed by atoms with E-state index >= 15 is 0 Å². The van der Waals surface area contributed by atoms with Crippen molar-refractivity contribution >= 4 is 10.8 Å². The van der Waals surface area contributed by atoms with Crippen molar-refractivity contribution in [1.29, 1.82) is 0 Å². The van der Waals surface area contributed by atoms with Crippen LogP contribution in [0.3, 0.4) is 0 Å². The third-order valence-electron chi connectivity index (χ3n) is 2.86. The Morgan fingerprint density at radius 3 is 2.10 bits per heavy atom. The average Bonchev–Trinajstić information content (AvgIpc) is 2.37. The fourth-order valence-corrected chi connectivity index (χ4v) is 2.16. The maximum Gasteiger partial charge on any atom is 0.173 e. The van der Waals surface area contributed by atoms with Crippen LogP contribution in [0.25, 0.3) is 10.8 Å². The lowest BCUT2D eigenvalue weighted by atomic mass is 10.1. The highest BCUT2D eigenvalue weighted by Crippen LogP contribution is 2.41. The quantitative estimate of drug-likeness (QED) is 0.807. The first-order valence-corrected chi connectivity index (χ1v) is 6.96. The summed E-state index contributed by atoms with van der Waals surface area (Å²) in [6.45, 7) is 8.04. The Labute approximate surface area is 120 Å². The van der Waals surface area contributed by atoms with Gasteiger partial charge in [-0.15, -0.1) is 0 Å². The Hall–Kier alpha value is -1.90. The van der Waals surface area contributed by atoms with Crippen molar-refractivity contribution in [2.24, 2.45) is 0 Å². The lowest BCUT2D eigenvalue weighted by Crippen LogP contribution is -2.09. The summed E-state index contributed by atoms with van der Waals surface area (Å²) in [5.41, 5.74) is 0. The predicted octanol–water partition coefficient (Wildman–Crippen LogP) is 4.42. The van der Waals surface area contributed by atoms with Crippen molar-refractivity contribution in [3.63, 3.8) is 0 Å². The minimum absolute atomic E-state index is 0.0709. The van der Waals surface area contributed by atoms with E-state index < -0.39 is 0 Å². The minimum atomic E-state index is 0.0709. The van der Waals surface area contributed by atoms with Gasteiger partial charge in [0.05, 0.1) is 24.7 Å². The Kier molecular flexibility index (Phi) is 4.38. The zero-order valence-electron chi connectivity index (χ0n) is 12.8. The molecule has 0 saturated heterocycles. The number of fused-ring (bicyclic) bond motifs is 1. The molecule has 0 unspecified atom stereocenters. The number of ether oxygens (including phenoxy) is 3. The van der Waals surface area contributed by atoms with Gasteiger partial charge in [0, 0.05) is 0 Å². The summed E-state index contributed by atoms with van der Waals surface area (Å²) in [6.07, 6.45) is 0.181. The van der Waals surface area contributed by atoms with Crippen molar-refractivity contribution in [3.05, 3.63) is 30.3 Å². The van der Waals surface area contributed by atoms with Crippen LogP contribution in [0.4, 0.5) is 0 Å². The molecule has 3 nitrogen and oxygen atoms in total. The number of rotatable bonds is 5. The zero-order chi connectivity index (χ0) is 14.7. The molecule has 2 aromatic rings. The van der Waals surface area contributed by atoms with E-state index in [-0.39, 0.29) is 12.2 Å². The summed E-state index contributed by atoms with van der Waals surface area (Å²) < 4.78 is 17.3. The van der Waals surface area contributed by atoms with Crippen molar-refractivity contribution in [2.45, 2.75) is 39.9 Å². The predicted molar refractivity (Wildman–Crippen MR) is 82.0 cm³/mol. The number of hydrogen-bond donors (Lipinski definition) is 0. The van der Waals surface area contributed by atoms with Gasteiger partial charge in [0.15, 0.2) is 11.5 Å². The number of methoxy groups -OCH3 is 1. The lowest BCUT2D eigenvalue weighted by molar-refractivity contribution is 0.228. The molecule has 0 bridgehead atoms. The van der Waals surface area contributed by atoms with Gasteiger partial charge in [-0.1, -0.05) is 18.2 Å². The molecule has 0 saturated carbocycles. The molecular formula is C17H22O3. The summed E-state index contributed by atoms with van der Waals surface area (Å²) >= 11 is 0. The first kappa shape index (κ1) is 14.5. The molecule has 0 aliphatic rings. The third kappa shape index (κ3) is 2.98. The second-order valence-corrected chi connectivity index (χ2v) is 5.28. The summed E-state index contributed by atoms with van der Waals surface area (Å²) in [5, 5.41) is 2.05. The van der Waals surface area contributed by atoms with E-state index in [9.17, 15) is 0 Å². The lowest BCUT2D eigenvalue weighted by Gasteiger charge is -2.19. The molecular weight excluding hydrogens is 252 g/mol. The van der Waals surface area contributed by atoms with Gasteiger partial charge in [-0.05, 0) is 45.2 Å². The molecule has 0 aliphatic carbocycles. The maximum absolute atomic E-state index is 5.97. The first-order valence-electron chi connectivity index (χ1n) is 6.96. The molecule has 2 rings (SSSR count). The van der Waals surface area contributed by atoms with E-state index in [0.717, 1.165) is 28.0 Å². The van der Waals surface area contributed by atoms with Gasteiger partial charge in [-0.2, -0.15) is 0 Å². The van der Waals surface area contributed by atoms with Crippen LogP contribution >= 0.6 is 0 Å². The van der Waals surface area contributed by atoms with Gasteiger partial charge in [0.2, 0.25) is 0 Å². The van der Waals surface area contributed by atoms with Crippen LogP contribution < -0.4 is 14.2 Å². The highest BCUT2D eigenvalue weighted by molar-refractivity contribution is 5.95. The van der Waals surface area contributed by atoms with Gasteiger partial charge in [0.1, 0.15) is 5.75 Å². The first-order chi connectivity index (χ1) is 9.52. The van der Waals surface area contributed by atoms with Gasteiger partial charge >= 0.3 is 0 Å². The molecule has 0 aromatic heterocycles. The summed E-state index contributed by atoms with van der Waals surface area (Å²) in [7, 11) is 1.65. The van der Waals surface area contributed by atoms with Gasteiger partial charge < -0.3 is 14.2 Å². The van der Waals surface area contributed by atoms with E-state index in [4.69, 9.17) is 14.2 Å².